The van der Waals surface area contributed by atoms with Crippen LogP contribution in [0.1, 0.15) is 65.8 Å². The fourth-order valence-electron chi connectivity index (χ4n) is 6.43. The van der Waals surface area contributed by atoms with Crippen LogP contribution in [0.5, 0.6) is 0 Å². The van der Waals surface area contributed by atoms with Crippen molar-refractivity contribution in [2.24, 2.45) is 11.8 Å². The van der Waals surface area contributed by atoms with Crippen molar-refractivity contribution in [3.63, 3.8) is 0 Å². The Morgan fingerprint density at radius 3 is 2.49 bits per heavy atom. The first-order valence-electron chi connectivity index (χ1n) is 12.8. The average Bonchev–Trinajstić information content (AvgIpc) is 3.60. The number of hydrogen-bond acceptors (Lipinski definition) is 4. The molecule has 6 heteroatoms. The van der Waals surface area contributed by atoms with Gasteiger partial charge in [0.05, 0.1) is 12.1 Å². The van der Waals surface area contributed by atoms with Gasteiger partial charge in [-0.25, -0.2) is 0 Å². The number of nitrogens with one attached hydrogen (secondary N) is 4. The lowest BCUT2D eigenvalue weighted by Gasteiger charge is -2.36. The Kier molecular flexibility index (Phi) is 5.90. The fourth-order valence-corrected chi connectivity index (χ4v) is 6.43. The molecule has 6 rings (SSSR count). The number of Topliss-reactive ketones (excluding diaryl/α,β-unsaturated/α-hetero) is 1. The Labute approximate surface area is 205 Å². The number of rotatable bonds is 5. The van der Waals surface area contributed by atoms with Crippen molar-refractivity contribution in [3.8, 4) is 0 Å². The van der Waals surface area contributed by atoms with Crippen LogP contribution in [-0.2, 0) is 4.79 Å². The number of para-hydroxylation sites is 1. The minimum atomic E-state index is -0.213. The molecule has 4 N–H and O–H groups in total. The standard InChI is InChI=1S/C29H32N4O2/c34-28(20-12-5-7-14-23(20)33-29(35)18-9-2-1-3-10-18)25-17-21-26(32-25)19-11-4-6-13-22(19)31-27(21)24-15-8-16-30-24/h1-4,6,8-11,13,15-16,20-21,23,25-27,30-32H,5,7,12,14,17H2,(H,33,35)/t20-,21-,23+,25?,26-,27+/m0/s1. The summed E-state index contributed by atoms with van der Waals surface area (Å²) in [5, 5.41) is 10.6. The molecular weight excluding hydrogens is 436 g/mol. The van der Waals surface area contributed by atoms with E-state index in [0.29, 0.717) is 5.56 Å². The van der Waals surface area contributed by atoms with E-state index >= 15 is 0 Å². The monoisotopic (exact) mass is 468 g/mol. The van der Waals surface area contributed by atoms with Crippen LogP contribution in [0.3, 0.4) is 0 Å². The van der Waals surface area contributed by atoms with E-state index in [1.807, 2.05) is 42.6 Å². The molecule has 0 spiro atoms. The van der Waals surface area contributed by atoms with Gasteiger partial charge in [0, 0.05) is 47.1 Å². The van der Waals surface area contributed by atoms with E-state index in [4.69, 9.17) is 0 Å². The number of anilines is 1. The summed E-state index contributed by atoms with van der Waals surface area (Å²) in [7, 11) is 0. The summed E-state index contributed by atoms with van der Waals surface area (Å²) in [4.78, 5) is 30.2. The second-order valence-corrected chi connectivity index (χ2v) is 10.2. The highest BCUT2D eigenvalue weighted by molar-refractivity contribution is 5.95. The van der Waals surface area contributed by atoms with Crippen molar-refractivity contribution < 1.29 is 9.59 Å². The van der Waals surface area contributed by atoms with Crippen LogP contribution in [0.4, 0.5) is 5.69 Å². The van der Waals surface area contributed by atoms with Gasteiger partial charge in [0.2, 0.25) is 0 Å². The number of aromatic amines is 1. The molecular formula is C29H32N4O2. The van der Waals surface area contributed by atoms with Gasteiger partial charge in [-0.2, -0.15) is 0 Å². The summed E-state index contributed by atoms with van der Waals surface area (Å²) in [6.07, 6.45) is 6.50. The summed E-state index contributed by atoms with van der Waals surface area (Å²) in [5.41, 5.74) is 4.15. The number of amides is 1. The van der Waals surface area contributed by atoms with Crippen LogP contribution in [0.25, 0.3) is 0 Å². The van der Waals surface area contributed by atoms with Gasteiger partial charge in [0.1, 0.15) is 0 Å². The van der Waals surface area contributed by atoms with Crippen molar-refractivity contribution in [1.29, 1.82) is 0 Å². The van der Waals surface area contributed by atoms with E-state index in [2.05, 4.69) is 51.3 Å². The van der Waals surface area contributed by atoms with Crippen molar-refractivity contribution in [2.75, 3.05) is 5.32 Å². The third-order valence-electron chi connectivity index (χ3n) is 8.14. The predicted molar refractivity (Wildman–Crippen MR) is 136 cm³/mol. The zero-order chi connectivity index (χ0) is 23.8. The Morgan fingerprint density at radius 1 is 0.857 bits per heavy atom. The highest BCUT2D eigenvalue weighted by atomic mass is 16.2. The van der Waals surface area contributed by atoms with Crippen molar-refractivity contribution in [3.05, 3.63) is 89.7 Å². The zero-order valence-electron chi connectivity index (χ0n) is 19.7. The SMILES string of the molecule is O=C(N[C@@H]1CCCC[C@@H]1C(=O)C1C[C@@H]2[C@H](c3ccc[nH]3)Nc3ccccc3[C@@H]2N1)c1ccccc1. The molecule has 2 aliphatic heterocycles. The molecule has 1 saturated carbocycles. The number of benzene rings is 2. The molecule has 1 unspecified atom stereocenters. The minimum absolute atomic E-state index is 0.0895. The van der Waals surface area contributed by atoms with E-state index in [-0.39, 0.29) is 47.7 Å². The van der Waals surface area contributed by atoms with Crippen LogP contribution in [0, 0.1) is 11.8 Å². The molecule has 6 nitrogen and oxygen atoms in total. The summed E-state index contributed by atoms with van der Waals surface area (Å²) in [5.74, 6) is 0.271. The first-order chi connectivity index (χ1) is 17.2. The normalized spacial score (nSPS) is 29.5. The van der Waals surface area contributed by atoms with Gasteiger partial charge in [-0.15, -0.1) is 0 Å². The molecule has 6 atom stereocenters. The molecule has 3 aromatic rings. The highest BCUT2D eigenvalue weighted by Gasteiger charge is 2.48. The number of fused-ring (bicyclic) bond motifs is 3. The second kappa shape index (κ2) is 9.34. The van der Waals surface area contributed by atoms with Crippen LogP contribution in [0.15, 0.2) is 72.9 Å². The first-order valence-corrected chi connectivity index (χ1v) is 12.8. The third-order valence-corrected chi connectivity index (χ3v) is 8.14. The molecule has 180 valence electrons. The second-order valence-electron chi connectivity index (χ2n) is 10.2. The number of carbonyl (C=O) groups is 2. The zero-order valence-corrected chi connectivity index (χ0v) is 19.7. The maximum Gasteiger partial charge on any atom is 0.251 e. The molecule has 3 heterocycles. The maximum absolute atomic E-state index is 13.9. The predicted octanol–water partition coefficient (Wildman–Crippen LogP) is 4.76. The Hall–Kier alpha value is -3.38. The molecule has 2 fully saturated rings. The van der Waals surface area contributed by atoms with Gasteiger partial charge in [-0.3, -0.25) is 9.59 Å². The van der Waals surface area contributed by atoms with Gasteiger partial charge in [0.25, 0.3) is 5.91 Å². The third kappa shape index (κ3) is 4.16. The van der Waals surface area contributed by atoms with Crippen LogP contribution in [-0.4, -0.2) is 28.8 Å². The largest absolute Gasteiger partial charge is 0.376 e. The molecule has 1 aliphatic carbocycles. The Morgan fingerprint density at radius 2 is 1.66 bits per heavy atom. The van der Waals surface area contributed by atoms with Crippen LogP contribution >= 0.6 is 0 Å². The number of ketones is 1. The lowest BCUT2D eigenvalue weighted by Crippen LogP contribution is -2.49. The molecule has 1 aromatic heterocycles. The number of aromatic nitrogens is 1. The number of hydrogen-bond donors (Lipinski definition) is 4. The fraction of sp³-hybridized carbons (Fsp3) is 0.379. The van der Waals surface area contributed by atoms with Gasteiger partial charge < -0.3 is 20.9 Å². The van der Waals surface area contributed by atoms with Gasteiger partial charge in [-0.05, 0) is 55.2 Å². The average molecular weight is 469 g/mol. The van der Waals surface area contributed by atoms with Gasteiger partial charge >= 0.3 is 0 Å². The van der Waals surface area contributed by atoms with Crippen LogP contribution in [0.2, 0.25) is 0 Å². The molecule has 1 amide bonds. The molecule has 0 radical (unpaired) electrons. The van der Waals surface area contributed by atoms with E-state index in [9.17, 15) is 9.59 Å². The lowest BCUT2D eigenvalue weighted by atomic mass is 9.77. The molecule has 2 aromatic carbocycles. The molecule has 0 bridgehead atoms. The molecule has 3 aliphatic rings. The quantitative estimate of drug-likeness (QED) is 0.435. The van der Waals surface area contributed by atoms with E-state index in [0.717, 1.165) is 43.5 Å². The summed E-state index contributed by atoms with van der Waals surface area (Å²) in [6, 6.07) is 21.8. The highest BCUT2D eigenvalue weighted by Crippen LogP contribution is 2.49. The minimum Gasteiger partial charge on any atom is -0.376 e. The van der Waals surface area contributed by atoms with E-state index < -0.39 is 0 Å². The van der Waals surface area contributed by atoms with Gasteiger partial charge in [0.15, 0.2) is 5.78 Å². The number of carbonyl (C=O) groups excluding carboxylic acids is 2. The van der Waals surface area contributed by atoms with Crippen molar-refractivity contribution in [2.45, 2.75) is 56.3 Å². The summed E-state index contributed by atoms with van der Waals surface area (Å²) < 4.78 is 0. The maximum atomic E-state index is 13.9. The molecule has 1 saturated heterocycles. The molecule has 35 heavy (non-hydrogen) atoms. The summed E-state index contributed by atoms with van der Waals surface area (Å²) in [6.45, 7) is 0. The van der Waals surface area contributed by atoms with E-state index in [1.165, 1.54) is 5.56 Å². The van der Waals surface area contributed by atoms with Crippen molar-refractivity contribution in [1.82, 2.24) is 15.6 Å². The smallest absolute Gasteiger partial charge is 0.251 e. The topological polar surface area (TPSA) is 86.0 Å². The summed E-state index contributed by atoms with van der Waals surface area (Å²) >= 11 is 0. The first kappa shape index (κ1) is 22.1. The van der Waals surface area contributed by atoms with Gasteiger partial charge in [-0.1, -0.05) is 49.2 Å². The van der Waals surface area contributed by atoms with E-state index in [1.54, 1.807) is 0 Å². The Bertz CT molecular complexity index is 1190. The Balaban J connectivity index is 1.23. The lowest BCUT2D eigenvalue weighted by molar-refractivity contribution is -0.126. The number of H-pyrrole nitrogens is 1. The van der Waals surface area contributed by atoms with Crippen molar-refractivity contribution >= 4 is 17.4 Å². The van der Waals surface area contributed by atoms with Crippen LogP contribution < -0.4 is 16.0 Å².